The second-order valence-electron chi connectivity index (χ2n) is 4.63. The fraction of sp³-hybridized carbons (Fsp3) is 0.176. The predicted octanol–water partition coefficient (Wildman–Crippen LogP) is 3.43. The van der Waals surface area contributed by atoms with Crippen molar-refractivity contribution in [1.29, 1.82) is 0 Å². The van der Waals surface area contributed by atoms with E-state index in [4.69, 9.17) is 16.3 Å². The highest BCUT2D eigenvalue weighted by atomic mass is 35.5. The zero-order valence-corrected chi connectivity index (χ0v) is 13.0. The third-order valence-electron chi connectivity index (χ3n) is 2.95. The number of ether oxygens (including phenoxy) is 1. The highest BCUT2D eigenvalue weighted by molar-refractivity contribution is 6.30. The number of carbonyl (C=O) groups is 1. The third kappa shape index (κ3) is 5.22. The van der Waals surface area contributed by atoms with Crippen molar-refractivity contribution in [2.75, 3.05) is 6.61 Å². The number of hydrogen-bond acceptors (Lipinski definition) is 3. The maximum Gasteiger partial charge on any atom is 0.277 e. The summed E-state index contributed by atoms with van der Waals surface area (Å²) in [5.41, 5.74) is 4.44. The van der Waals surface area contributed by atoms with Crippen molar-refractivity contribution >= 4 is 23.7 Å². The quantitative estimate of drug-likeness (QED) is 0.655. The summed E-state index contributed by atoms with van der Waals surface area (Å²) in [5, 5.41) is 4.48. The van der Waals surface area contributed by atoms with Gasteiger partial charge < -0.3 is 4.74 Å². The molecule has 5 heteroatoms. The van der Waals surface area contributed by atoms with Crippen LogP contribution in [0, 0.1) is 0 Å². The highest BCUT2D eigenvalue weighted by Crippen LogP contribution is 2.12. The number of hydrogen-bond donors (Lipinski definition) is 1. The summed E-state index contributed by atoms with van der Waals surface area (Å²) >= 11 is 5.86. The molecule has 1 N–H and O–H groups in total. The fourth-order valence-corrected chi connectivity index (χ4v) is 1.97. The van der Waals surface area contributed by atoms with Gasteiger partial charge in [0, 0.05) is 5.02 Å². The molecule has 0 atom stereocenters. The van der Waals surface area contributed by atoms with E-state index in [9.17, 15) is 4.79 Å². The minimum atomic E-state index is -0.321. The van der Waals surface area contributed by atoms with E-state index in [0.29, 0.717) is 10.8 Å². The van der Waals surface area contributed by atoms with Crippen LogP contribution in [0.25, 0.3) is 0 Å². The van der Waals surface area contributed by atoms with Gasteiger partial charge >= 0.3 is 0 Å². The summed E-state index contributed by atoms with van der Waals surface area (Å²) in [6.07, 6.45) is 2.50. The monoisotopic (exact) mass is 316 g/mol. The Morgan fingerprint density at radius 1 is 1.27 bits per heavy atom. The molecule has 2 aromatic carbocycles. The van der Waals surface area contributed by atoms with Crippen LogP contribution in [0.1, 0.15) is 18.1 Å². The first kappa shape index (κ1) is 16.0. The van der Waals surface area contributed by atoms with Crippen molar-refractivity contribution < 1.29 is 9.53 Å². The first-order valence-corrected chi connectivity index (χ1v) is 7.34. The number of hydrazone groups is 1. The smallest absolute Gasteiger partial charge is 0.277 e. The molecular formula is C17H17ClN2O2. The molecule has 2 aromatic rings. The Kier molecular flexibility index (Phi) is 5.98. The molecule has 0 unspecified atom stereocenters. The summed E-state index contributed by atoms with van der Waals surface area (Å²) < 4.78 is 5.38. The van der Waals surface area contributed by atoms with E-state index in [2.05, 4.69) is 17.5 Å². The molecule has 0 spiro atoms. The second-order valence-corrected chi connectivity index (χ2v) is 5.07. The molecule has 0 radical (unpaired) electrons. The normalized spacial score (nSPS) is 10.6. The van der Waals surface area contributed by atoms with Crippen molar-refractivity contribution in [3.63, 3.8) is 0 Å². The summed E-state index contributed by atoms with van der Waals surface area (Å²) in [4.78, 5) is 11.6. The molecule has 0 aliphatic carbocycles. The van der Waals surface area contributed by atoms with Crippen LogP contribution < -0.4 is 10.2 Å². The maximum absolute atomic E-state index is 11.6. The van der Waals surface area contributed by atoms with Crippen LogP contribution in [0.5, 0.6) is 5.75 Å². The van der Waals surface area contributed by atoms with E-state index in [1.54, 1.807) is 12.1 Å². The number of nitrogens with zero attached hydrogens (tertiary/aromatic N) is 1. The van der Waals surface area contributed by atoms with Crippen LogP contribution in [-0.4, -0.2) is 18.7 Å². The van der Waals surface area contributed by atoms with E-state index < -0.39 is 0 Å². The number of carbonyl (C=O) groups excluding carboxylic acids is 1. The average Bonchev–Trinajstić information content (AvgIpc) is 2.53. The van der Waals surface area contributed by atoms with Crippen LogP contribution in [0.4, 0.5) is 0 Å². The van der Waals surface area contributed by atoms with Gasteiger partial charge in [-0.2, -0.15) is 5.10 Å². The molecule has 0 saturated carbocycles. The van der Waals surface area contributed by atoms with Gasteiger partial charge in [0.2, 0.25) is 0 Å². The lowest BCUT2D eigenvalue weighted by atomic mass is 10.2. The number of halogens is 1. The van der Waals surface area contributed by atoms with Gasteiger partial charge in [0.15, 0.2) is 6.61 Å². The van der Waals surface area contributed by atoms with Crippen LogP contribution in [0.3, 0.4) is 0 Å². The van der Waals surface area contributed by atoms with Crippen LogP contribution in [-0.2, 0) is 11.2 Å². The van der Waals surface area contributed by atoms with E-state index in [1.807, 2.05) is 36.4 Å². The maximum atomic E-state index is 11.6. The molecule has 1 amide bonds. The zero-order chi connectivity index (χ0) is 15.8. The number of benzene rings is 2. The van der Waals surface area contributed by atoms with Gasteiger partial charge in [0.25, 0.3) is 5.91 Å². The summed E-state index contributed by atoms with van der Waals surface area (Å²) in [6, 6.07) is 14.8. The molecule has 22 heavy (non-hydrogen) atoms. The van der Waals surface area contributed by atoms with Crippen molar-refractivity contribution in [3.8, 4) is 5.75 Å². The van der Waals surface area contributed by atoms with Gasteiger partial charge in [-0.3, -0.25) is 4.79 Å². The Labute approximate surface area is 134 Å². The van der Waals surface area contributed by atoms with Gasteiger partial charge in [0.1, 0.15) is 5.75 Å². The average molecular weight is 317 g/mol. The lowest BCUT2D eigenvalue weighted by Crippen LogP contribution is -2.24. The van der Waals surface area contributed by atoms with Gasteiger partial charge in [-0.25, -0.2) is 5.43 Å². The van der Waals surface area contributed by atoms with E-state index >= 15 is 0 Å². The second kappa shape index (κ2) is 8.20. The van der Waals surface area contributed by atoms with Gasteiger partial charge in [-0.1, -0.05) is 42.8 Å². The molecule has 0 heterocycles. The van der Waals surface area contributed by atoms with Crippen molar-refractivity contribution in [2.45, 2.75) is 13.3 Å². The Hall–Kier alpha value is -2.33. The molecule has 0 aromatic heterocycles. The highest BCUT2D eigenvalue weighted by Gasteiger charge is 2.01. The van der Waals surface area contributed by atoms with Gasteiger partial charge in [0.05, 0.1) is 6.21 Å². The van der Waals surface area contributed by atoms with Gasteiger partial charge in [-0.05, 0) is 41.8 Å². The van der Waals surface area contributed by atoms with Crippen LogP contribution in [0.2, 0.25) is 5.02 Å². The molecular weight excluding hydrogens is 300 g/mol. The molecule has 0 fully saturated rings. The lowest BCUT2D eigenvalue weighted by molar-refractivity contribution is -0.123. The SMILES string of the molecule is CCc1ccc(OCC(=O)N/N=C/c2cccc(Cl)c2)cc1. The predicted molar refractivity (Wildman–Crippen MR) is 88.5 cm³/mol. The Morgan fingerprint density at radius 2 is 2.05 bits per heavy atom. The standard InChI is InChI=1S/C17H17ClN2O2/c1-2-13-6-8-16(9-7-13)22-12-17(21)20-19-11-14-4-3-5-15(18)10-14/h3-11H,2,12H2,1H3,(H,20,21)/b19-11+. The molecule has 0 saturated heterocycles. The third-order valence-corrected chi connectivity index (χ3v) is 3.19. The van der Waals surface area contributed by atoms with E-state index in [1.165, 1.54) is 11.8 Å². The topological polar surface area (TPSA) is 50.7 Å². The summed E-state index contributed by atoms with van der Waals surface area (Å²) in [7, 11) is 0. The summed E-state index contributed by atoms with van der Waals surface area (Å²) in [6.45, 7) is 2.00. The van der Waals surface area contributed by atoms with Crippen molar-refractivity contribution in [1.82, 2.24) is 5.43 Å². The first-order chi connectivity index (χ1) is 10.7. The van der Waals surface area contributed by atoms with Crippen LogP contribution >= 0.6 is 11.6 Å². The Bertz CT molecular complexity index is 654. The fourth-order valence-electron chi connectivity index (χ4n) is 1.77. The van der Waals surface area contributed by atoms with E-state index in [-0.39, 0.29) is 12.5 Å². The molecule has 0 aliphatic heterocycles. The number of rotatable bonds is 6. The molecule has 0 bridgehead atoms. The molecule has 4 nitrogen and oxygen atoms in total. The molecule has 0 aliphatic rings. The Morgan fingerprint density at radius 3 is 2.73 bits per heavy atom. The largest absolute Gasteiger partial charge is 0.484 e. The Balaban J connectivity index is 1.77. The van der Waals surface area contributed by atoms with Crippen LogP contribution in [0.15, 0.2) is 53.6 Å². The minimum Gasteiger partial charge on any atom is -0.484 e. The number of aryl methyl sites for hydroxylation is 1. The van der Waals surface area contributed by atoms with Crippen molar-refractivity contribution in [2.24, 2.45) is 5.10 Å². The lowest BCUT2D eigenvalue weighted by Gasteiger charge is -2.05. The number of amides is 1. The van der Waals surface area contributed by atoms with Crippen molar-refractivity contribution in [3.05, 3.63) is 64.7 Å². The molecule has 114 valence electrons. The van der Waals surface area contributed by atoms with Gasteiger partial charge in [-0.15, -0.1) is 0 Å². The van der Waals surface area contributed by atoms with E-state index in [0.717, 1.165) is 12.0 Å². The molecule has 2 rings (SSSR count). The first-order valence-electron chi connectivity index (χ1n) is 6.96. The minimum absolute atomic E-state index is 0.0850. The summed E-state index contributed by atoms with van der Waals surface area (Å²) in [5.74, 6) is 0.337. The number of nitrogens with one attached hydrogen (secondary N) is 1. The zero-order valence-electron chi connectivity index (χ0n) is 12.3.